The number of carbonyl (C=O) groups is 1. The number of anilines is 1. The van der Waals surface area contributed by atoms with Crippen LogP contribution in [0.4, 0.5) is 15.8 Å². The van der Waals surface area contributed by atoms with Gasteiger partial charge in [-0.05, 0) is 45.4 Å². The molecule has 9 nitrogen and oxygen atoms in total. The number of thioether (sulfide) groups is 1. The van der Waals surface area contributed by atoms with Gasteiger partial charge in [0.15, 0.2) is 28.7 Å². The molecule has 3 rings (SSSR count). The monoisotopic (exact) mass is 473 g/mol. The Morgan fingerprint density at radius 1 is 1.24 bits per heavy atom. The van der Waals surface area contributed by atoms with E-state index in [0.29, 0.717) is 22.2 Å². The number of nitro groups is 1. The lowest BCUT2D eigenvalue weighted by molar-refractivity contribution is -0.384. The van der Waals surface area contributed by atoms with Crippen molar-refractivity contribution in [3.05, 3.63) is 69.8 Å². The van der Waals surface area contributed by atoms with E-state index in [1.807, 2.05) is 18.4 Å². The second-order valence-corrected chi connectivity index (χ2v) is 8.53. The van der Waals surface area contributed by atoms with Gasteiger partial charge in [0.25, 0.3) is 5.69 Å². The molecule has 0 fully saturated rings. The molecule has 1 unspecified atom stereocenters. The molecule has 3 aromatic rings. The smallest absolute Gasteiger partial charge is 0.271 e. The van der Waals surface area contributed by atoms with Crippen LogP contribution < -0.4 is 10.1 Å². The second kappa shape index (κ2) is 10.4. The van der Waals surface area contributed by atoms with Gasteiger partial charge in [-0.25, -0.2) is 4.39 Å². The van der Waals surface area contributed by atoms with Crippen LogP contribution in [-0.2, 0) is 4.79 Å². The molecule has 0 saturated carbocycles. The summed E-state index contributed by atoms with van der Waals surface area (Å²) in [6.07, 6.45) is -0.576. The van der Waals surface area contributed by atoms with Gasteiger partial charge in [-0.15, -0.1) is 10.2 Å². The summed E-state index contributed by atoms with van der Waals surface area (Å²) in [5.41, 5.74) is 0.995. The lowest BCUT2D eigenvalue weighted by Gasteiger charge is -2.19. The Kier molecular flexibility index (Phi) is 7.64. The Hall–Kier alpha value is -3.47. The molecule has 1 heterocycles. The normalized spacial score (nSPS) is 11.9. The molecule has 0 spiro atoms. The Labute approximate surface area is 194 Å². The number of carbonyl (C=O) groups excluding carboxylic acids is 1. The molecule has 0 aliphatic carbocycles. The van der Waals surface area contributed by atoms with Crippen LogP contribution in [0.25, 0.3) is 0 Å². The number of hydrogen-bond donors (Lipinski definition) is 1. The zero-order valence-electron chi connectivity index (χ0n) is 18.6. The maximum Gasteiger partial charge on any atom is 0.271 e. The fourth-order valence-electron chi connectivity index (χ4n) is 3.11. The molecule has 1 N–H and O–H groups in total. The number of halogens is 1. The summed E-state index contributed by atoms with van der Waals surface area (Å²) in [7, 11) is 0. The third-order valence-corrected chi connectivity index (χ3v) is 5.69. The maximum absolute atomic E-state index is 14.0. The quantitative estimate of drug-likeness (QED) is 0.262. The van der Waals surface area contributed by atoms with Gasteiger partial charge in [0, 0.05) is 18.2 Å². The summed E-state index contributed by atoms with van der Waals surface area (Å²) in [5.74, 6) is -0.160. The van der Waals surface area contributed by atoms with E-state index in [0.717, 1.165) is 0 Å². The summed E-state index contributed by atoms with van der Waals surface area (Å²) in [6, 6.07) is 10.4. The summed E-state index contributed by atoms with van der Waals surface area (Å²) >= 11 is 1.18. The third-order valence-electron chi connectivity index (χ3n) is 4.75. The SMILES string of the molecule is Cc1ccc([N+](=O)[O-])cc1NC(=O)CSc1nnc(C(C)Oc2ccccc2F)n1C(C)C. The summed E-state index contributed by atoms with van der Waals surface area (Å²) < 4.78 is 21.5. The van der Waals surface area contributed by atoms with Crippen LogP contribution in [0.2, 0.25) is 0 Å². The minimum Gasteiger partial charge on any atom is -0.480 e. The van der Waals surface area contributed by atoms with Crippen LogP contribution in [0.1, 0.15) is 44.3 Å². The van der Waals surface area contributed by atoms with Crippen molar-refractivity contribution in [2.24, 2.45) is 0 Å². The van der Waals surface area contributed by atoms with Crippen molar-refractivity contribution >= 4 is 29.0 Å². The van der Waals surface area contributed by atoms with Crippen molar-refractivity contribution in [1.29, 1.82) is 0 Å². The number of para-hydroxylation sites is 1. The van der Waals surface area contributed by atoms with E-state index in [-0.39, 0.29) is 29.1 Å². The molecule has 0 radical (unpaired) electrons. The summed E-state index contributed by atoms with van der Waals surface area (Å²) in [4.78, 5) is 23.0. The Morgan fingerprint density at radius 3 is 2.64 bits per heavy atom. The number of nitrogens with zero attached hydrogens (tertiary/aromatic N) is 4. The topological polar surface area (TPSA) is 112 Å². The molecule has 0 saturated heterocycles. The van der Waals surface area contributed by atoms with E-state index in [1.165, 1.54) is 36.0 Å². The molecular formula is C22H24FN5O4S. The number of aryl methyl sites for hydroxylation is 1. The van der Waals surface area contributed by atoms with Gasteiger partial charge in [-0.2, -0.15) is 0 Å². The lowest BCUT2D eigenvalue weighted by Crippen LogP contribution is -2.17. The highest BCUT2D eigenvalue weighted by molar-refractivity contribution is 7.99. The van der Waals surface area contributed by atoms with Crippen LogP contribution in [-0.4, -0.2) is 31.3 Å². The van der Waals surface area contributed by atoms with Gasteiger partial charge in [0.1, 0.15) is 0 Å². The van der Waals surface area contributed by atoms with Crippen molar-refractivity contribution in [3.8, 4) is 5.75 Å². The van der Waals surface area contributed by atoms with Gasteiger partial charge in [0.2, 0.25) is 5.91 Å². The maximum atomic E-state index is 14.0. The van der Waals surface area contributed by atoms with E-state index in [1.54, 1.807) is 32.0 Å². The largest absolute Gasteiger partial charge is 0.480 e. The van der Waals surface area contributed by atoms with Crippen LogP contribution >= 0.6 is 11.8 Å². The molecule has 0 bridgehead atoms. The van der Waals surface area contributed by atoms with E-state index in [2.05, 4.69) is 15.5 Å². The molecule has 0 aliphatic rings. The van der Waals surface area contributed by atoms with E-state index < -0.39 is 16.8 Å². The van der Waals surface area contributed by atoms with Crippen molar-refractivity contribution < 1.29 is 18.8 Å². The predicted molar refractivity (Wildman–Crippen MR) is 123 cm³/mol. The number of benzene rings is 2. The Bertz CT molecular complexity index is 1170. The standard InChI is InChI=1S/C22H24FN5O4S/c1-13(2)27-21(15(4)32-19-8-6-5-7-17(19)23)25-26-22(27)33-12-20(29)24-18-11-16(28(30)31)10-9-14(18)3/h5-11,13,15H,12H2,1-4H3,(H,24,29). The highest BCUT2D eigenvalue weighted by atomic mass is 32.2. The first-order valence-corrected chi connectivity index (χ1v) is 11.2. The Balaban J connectivity index is 1.71. The number of amides is 1. The first-order chi connectivity index (χ1) is 15.7. The zero-order valence-corrected chi connectivity index (χ0v) is 19.4. The van der Waals surface area contributed by atoms with Crippen molar-refractivity contribution in [2.45, 2.75) is 45.0 Å². The third kappa shape index (κ3) is 5.86. The van der Waals surface area contributed by atoms with Gasteiger partial charge in [-0.3, -0.25) is 14.9 Å². The summed E-state index contributed by atoms with van der Waals surface area (Å²) in [6.45, 7) is 7.39. The number of rotatable bonds is 9. The number of ether oxygens (including phenoxy) is 1. The average Bonchev–Trinajstić information content (AvgIpc) is 3.20. The average molecular weight is 474 g/mol. The highest BCUT2D eigenvalue weighted by Crippen LogP contribution is 2.29. The molecule has 174 valence electrons. The summed E-state index contributed by atoms with van der Waals surface area (Å²) in [5, 5.41) is 22.6. The molecule has 1 atom stereocenters. The molecule has 33 heavy (non-hydrogen) atoms. The van der Waals surface area contributed by atoms with Gasteiger partial charge >= 0.3 is 0 Å². The number of non-ortho nitro benzene ring substituents is 1. The lowest BCUT2D eigenvalue weighted by atomic mass is 10.2. The minimum absolute atomic E-state index is 0.0233. The number of hydrogen-bond acceptors (Lipinski definition) is 7. The number of aromatic nitrogens is 3. The minimum atomic E-state index is -0.576. The predicted octanol–water partition coefficient (Wildman–Crippen LogP) is 5.09. The fourth-order valence-corrected chi connectivity index (χ4v) is 3.98. The zero-order chi connectivity index (χ0) is 24.1. The van der Waals surface area contributed by atoms with Crippen LogP contribution in [0, 0.1) is 22.9 Å². The fraction of sp³-hybridized carbons (Fsp3) is 0.318. The molecule has 2 aromatic carbocycles. The van der Waals surface area contributed by atoms with E-state index in [4.69, 9.17) is 4.74 Å². The van der Waals surface area contributed by atoms with E-state index >= 15 is 0 Å². The highest BCUT2D eigenvalue weighted by Gasteiger charge is 2.23. The van der Waals surface area contributed by atoms with Crippen molar-refractivity contribution in [1.82, 2.24) is 14.8 Å². The molecule has 1 amide bonds. The molecule has 0 aliphatic heterocycles. The number of nitro benzene ring substituents is 1. The van der Waals surface area contributed by atoms with Gasteiger partial charge in [-0.1, -0.05) is 30.0 Å². The van der Waals surface area contributed by atoms with Gasteiger partial charge in [0.05, 0.1) is 16.4 Å². The first-order valence-electron chi connectivity index (χ1n) is 10.2. The van der Waals surface area contributed by atoms with Crippen molar-refractivity contribution in [3.63, 3.8) is 0 Å². The van der Waals surface area contributed by atoms with Crippen LogP contribution in [0.3, 0.4) is 0 Å². The van der Waals surface area contributed by atoms with E-state index in [9.17, 15) is 19.3 Å². The molecular weight excluding hydrogens is 449 g/mol. The van der Waals surface area contributed by atoms with Gasteiger partial charge < -0.3 is 14.6 Å². The molecule has 11 heteroatoms. The van der Waals surface area contributed by atoms with Crippen molar-refractivity contribution in [2.75, 3.05) is 11.1 Å². The second-order valence-electron chi connectivity index (χ2n) is 7.59. The van der Waals surface area contributed by atoms with Crippen LogP contribution in [0.5, 0.6) is 5.75 Å². The Morgan fingerprint density at radius 2 is 1.97 bits per heavy atom. The van der Waals surface area contributed by atoms with Crippen LogP contribution in [0.15, 0.2) is 47.6 Å². The number of nitrogens with one attached hydrogen (secondary N) is 1. The molecule has 1 aromatic heterocycles. The first kappa shape index (κ1) is 24.2.